The summed E-state index contributed by atoms with van der Waals surface area (Å²) in [6, 6.07) is 9.09. The van der Waals surface area contributed by atoms with Gasteiger partial charge in [0.1, 0.15) is 0 Å². The molecule has 1 amide bonds. The molecule has 0 aliphatic rings. The normalized spacial score (nSPS) is 10.1. The highest BCUT2D eigenvalue weighted by atomic mass is 16.5. The van der Waals surface area contributed by atoms with E-state index in [1.807, 2.05) is 18.2 Å². The SMILES string of the molecule is COC(=O)C/C=C/C(=O)Nc1ccccc1. The lowest BCUT2D eigenvalue weighted by Gasteiger charge is -2.00. The predicted molar refractivity (Wildman–Crippen MR) is 60.8 cm³/mol. The summed E-state index contributed by atoms with van der Waals surface area (Å²) in [4.78, 5) is 22.1. The first-order valence-electron chi connectivity index (χ1n) is 4.82. The Kier molecular flexibility index (Phi) is 4.79. The Morgan fingerprint density at radius 2 is 2.00 bits per heavy atom. The van der Waals surface area contributed by atoms with E-state index in [0.29, 0.717) is 0 Å². The Balaban J connectivity index is 2.39. The molecule has 0 aliphatic heterocycles. The summed E-state index contributed by atoms with van der Waals surface area (Å²) in [5.41, 5.74) is 0.718. The smallest absolute Gasteiger partial charge is 0.309 e. The largest absolute Gasteiger partial charge is 0.469 e. The van der Waals surface area contributed by atoms with Crippen LogP contribution in [0.5, 0.6) is 0 Å². The number of para-hydroxylation sites is 1. The molecule has 0 heterocycles. The average molecular weight is 219 g/mol. The third kappa shape index (κ3) is 4.41. The molecule has 0 saturated heterocycles. The van der Waals surface area contributed by atoms with Crippen molar-refractivity contribution >= 4 is 17.6 Å². The summed E-state index contributed by atoms with van der Waals surface area (Å²) in [7, 11) is 1.31. The lowest BCUT2D eigenvalue weighted by atomic mass is 10.3. The minimum Gasteiger partial charge on any atom is -0.469 e. The molecule has 16 heavy (non-hydrogen) atoms. The van der Waals surface area contributed by atoms with Gasteiger partial charge in [-0.3, -0.25) is 9.59 Å². The van der Waals surface area contributed by atoms with Crippen molar-refractivity contribution in [2.45, 2.75) is 6.42 Å². The van der Waals surface area contributed by atoms with Crippen LogP contribution in [0.1, 0.15) is 6.42 Å². The van der Waals surface area contributed by atoms with Crippen molar-refractivity contribution in [1.82, 2.24) is 0 Å². The molecule has 1 aromatic carbocycles. The van der Waals surface area contributed by atoms with Crippen molar-refractivity contribution < 1.29 is 14.3 Å². The van der Waals surface area contributed by atoms with Gasteiger partial charge in [0.05, 0.1) is 13.5 Å². The predicted octanol–water partition coefficient (Wildman–Crippen LogP) is 1.74. The first kappa shape index (κ1) is 12.0. The van der Waals surface area contributed by atoms with E-state index in [9.17, 15) is 9.59 Å². The van der Waals surface area contributed by atoms with E-state index in [2.05, 4.69) is 10.1 Å². The zero-order valence-electron chi connectivity index (χ0n) is 8.97. The van der Waals surface area contributed by atoms with Gasteiger partial charge in [0.25, 0.3) is 0 Å². The van der Waals surface area contributed by atoms with E-state index < -0.39 is 0 Å². The van der Waals surface area contributed by atoms with Gasteiger partial charge < -0.3 is 10.1 Å². The van der Waals surface area contributed by atoms with Gasteiger partial charge in [0.15, 0.2) is 0 Å². The maximum absolute atomic E-state index is 11.3. The number of rotatable bonds is 4. The summed E-state index contributed by atoms with van der Waals surface area (Å²) >= 11 is 0. The molecular weight excluding hydrogens is 206 g/mol. The number of carbonyl (C=O) groups excluding carboxylic acids is 2. The second-order valence-corrected chi connectivity index (χ2v) is 3.04. The molecule has 84 valence electrons. The molecule has 0 unspecified atom stereocenters. The minimum absolute atomic E-state index is 0.0959. The highest BCUT2D eigenvalue weighted by Crippen LogP contribution is 2.04. The Morgan fingerprint density at radius 1 is 1.31 bits per heavy atom. The van der Waals surface area contributed by atoms with Gasteiger partial charge in [-0.1, -0.05) is 24.3 Å². The van der Waals surface area contributed by atoms with E-state index in [1.54, 1.807) is 12.1 Å². The van der Waals surface area contributed by atoms with E-state index in [-0.39, 0.29) is 18.3 Å². The van der Waals surface area contributed by atoms with Gasteiger partial charge in [-0.2, -0.15) is 0 Å². The van der Waals surface area contributed by atoms with Crippen molar-refractivity contribution in [1.29, 1.82) is 0 Å². The molecule has 0 radical (unpaired) electrons. The minimum atomic E-state index is -0.372. The molecule has 0 saturated carbocycles. The van der Waals surface area contributed by atoms with Crippen LogP contribution in [0.25, 0.3) is 0 Å². The molecule has 0 aliphatic carbocycles. The highest BCUT2D eigenvalue weighted by molar-refractivity contribution is 5.99. The van der Waals surface area contributed by atoms with Crippen LogP contribution in [0.15, 0.2) is 42.5 Å². The maximum atomic E-state index is 11.3. The van der Waals surface area contributed by atoms with Crippen LogP contribution in [0.2, 0.25) is 0 Å². The van der Waals surface area contributed by atoms with E-state index in [1.165, 1.54) is 19.3 Å². The Morgan fingerprint density at radius 3 is 2.62 bits per heavy atom. The van der Waals surface area contributed by atoms with Crippen LogP contribution >= 0.6 is 0 Å². The molecule has 1 rings (SSSR count). The molecule has 4 nitrogen and oxygen atoms in total. The van der Waals surface area contributed by atoms with Crippen molar-refractivity contribution in [3.05, 3.63) is 42.5 Å². The van der Waals surface area contributed by atoms with Crippen molar-refractivity contribution in [2.24, 2.45) is 0 Å². The number of nitrogens with one attached hydrogen (secondary N) is 1. The molecule has 0 fully saturated rings. The van der Waals surface area contributed by atoms with Gasteiger partial charge >= 0.3 is 5.97 Å². The fourth-order valence-electron chi connectivity index (χ4n) is 1.05. The summed E-state index contributed by atoms with van der Waals surface area (Å²) in [5.74, 6) is -0.640. The Labute approximate surface area is 93.9 Å². The topological polar surface area (TPSA) is 55.4 Å². The molecule has 0 aromatic heterocycles. The molecule has 4 heteroatoms. The molecule has 0 bridgehead atoms. The summed E-state index contributed by atoms with van der Waals surface area (Å²) < 4.78 is 4.43. The van der Waals surface area contributed by atoms with Crippen LogP contribution < -0.4 is 5.32 Å². The van der Waals surface area contributed by atoms with Crippen molar-refractivity contribution in [3.8, 4) is 0 Å². The van der Waals surface area contributed by atoms with Crippen LogP contribution in [-0.4, -0.2) is 19.0 Å². The molecular formula is C12H13NO3. The number of benzene rings is 1. The van der Waals surface area contributed by atoms with Gasteiger partial charge in [-0.05, 0) is 18.2 Å². The summed E-state index contributed by atoms with van der Waals surface area (Å²) in [5, 5.41) is 2.66. The zero-order chi connectivity index (χ0) is 11.8. The lowest BCUT2D eigenvalue weighted by Crippen LogP contribution is -2.08. The second kappa shape index (κ2) is 6.40. The van der Waals surface area contributed by atoms with Gasteiger partial charge in [-0.25, -0.2) is 0 Å². The first-order chi connectivity index (χ1) is 7.72. The number of ether oxygens (including phenoxy) is 1. The monoisotopic (exact) mass is 219 g/mol. The fraction of sp³-hybridized carbons (Fsp3) is 0.167. The van der Waals surface area contributed by atoms with Crippen LogP contribution in [-0.2, 0) is 14.3 Å². The Hall–Kier alpha value is -2.10. The summed E-state index contributed by atoms with van der Waals surface area (Å²) in [6.07, 6.45) is 2.87. The number of carbonyl (C=O) groups is 2. The van der Waals surface area contributed by atoms with E-state index in [0.717, 1.165) is 5.69 Å². The van der Waals surface area contributed by atoms with Crippen LogP contribution in [0.3, 0.4) is 0 Å². The molecule has 1 aromatic rings. The maximum Gasteiger partial charge on any atom is 0.309 e. The number of anilines is 1. The molecule has 1 N–H and O–H groups in total. The first-order valence-corrected chi connectivity index (χ1v) is 4.82. The standard InChI is InChI=1S/C12H13NO3/c1-16-12(15)9-5-8-11(14)13-10-6-3-2-4-7-10/h2-8H,9H2,1H3,(H,13,14)/b8-5+. The van der Waals surface area contributed by atoms with Crippen LogP contribution in [0.4, 0.5) is 5.69 Å². The fourth-order valence-corrected chi connectivity index (χ4v) is 1.05. The second-order valence-electron chi connectivity index (χ2n) is 3.04. The number of hydrogen-bond acceptors (Lipinski definition) is 3. The molecule has 0 atom stereocenters. The number of hydrogen-bond donors (Lipinski definition) is 1. The number of esters is 1. The summed E-state index contributed by atoms with van der Waals surface area (Å²) in [6.45, 7) is 0. The highest BCUT2D eigenvalue weighted by Gasteiger charge is 1.98. The molecule has 0 spiro atoms. The van der Waals surface area contributed by atoms with Crippen molar-refractivity contribution in [3.63, 3.8) is 0 Å². The number of amides is 1. The third-order valence-electron chi connectivity index (χ3n) is 1.82. The Bertz CT molecular complexity index is 385. The zero-order valence-corrected chi connectivity index (χ0v) is 8.97. The average Bonchev–Trinajstić information content (AvgIpc) is 2.30. The van der Waals surface area contributed by atoms with E-state index >= 15 is 0 Å². The van der Waals surface area contributed by atoms with Crippen LogP contribution in [0, 0.1) is 0 Å². The quantitative estimate of drug-likeness (QED) is 0.620. The lowest BCUT2D eigenvalue weighted by molar-refractivity contribution is -0.139. The van der Waals surface area contributed by atoms with Gasteiger partial charge in [0, 0.05) is 5.69 Å². The van der Waals surface area contributed by atoms with E-state index in [4.69, 9.17) is 0 Å². The van der Waals surface area contributed by atoms with Gasteiger partial charge in [0.2, 0.25) is 5.91 Å². The van der Waals surface area contributed by atoms with Gasteiger partial charge in [-0.15, -0.1) is 0 Å². The third-order valence-corrected chi connectivity index (χ3v) is 1.82. The van der Waals surface area contributed by atoms with Crippen molar-refractivity contribution in [2.75, 3.05) is 12.4 Å². The number of methoxy groups -OCH3 is 1.